The van der Waals surface area contributed by atoms with Gasteiger partial charge in [-0.15, -0.1) is 0 Å². The summed E-state index contributed by atoms with van der Waals surface area (Å²) < 4.78 is 13.2. The van der Waals surface area contributed by atoms with Gasteiger partial charge in [0.2, 0.25) is 0 Å². The molecule has 1 aliphatic carbocycles. The highest BCUT2D eigenvalue weighted by atomic mass is 32.2. The molecule has 1 aliphatic rings. The van der Waals surface area contributed by atoms with Crippen LogP contribution in [-0.4, -0.2) is 22.2 Å². The molecule has 18 heavy (non-hydrogen) atoms. The van der Waals surface area contributed by atoms with Gasteiger partial charge in [-0.2, -0.15) is 11.8 Å². The molecule has 0 aliphatic heterocycles. The number of halogens is 1. The van der Waals surface area contributed by atoms with Crippen molar-refractivity contribution in [2.24, 2.45) is 0 Å². The van der Waals surface area contributed by atoms with Gasteiger partial charge in [0.1, 0.15) is 0 Å². The first-order valence-electron chi connectivity index (χ1n) is 6.53. The van der Waals surface area contributed by atoms with E-state index in [0.29, 0.717) is 23.4 Å². The molecule has 2 atom stereocenters. The summed E-state index contributed by atoms with van der Waals surface area (Å²) in [5.41, 5.74) is 0.641. The van der Waals surface area contributed by atoms with E-state index in [9.17, 15) is 9.50 Å². The van der Waals surface area contributed by atoms with Gasteiger partial charge in [-0.1, -0.05) is 25.5 Å². The summed E-state index contributed by atoms with van der Waals surface area (Å²) in [7, 11) is 0. The van der Waals surface area contributed by atoms with Crippen molar-refractivity contribution in [3.63, 3.8) is 0 Å². The highest BCUT2D eigenvalue weighted by Gasteiger charge is 2.26. The fraction of sp³-hybridized carbons (Fsp3) is 0.571. The van der Waals surface area contributed by atoms with Crippen molar-refractivity contribution in [1.29, 1.82) is 0 Å². The SMILES string of the molecule is CCSC1CCCC1NCc1cccc(F)c1O. The summed E-state index contributed by atoms with van der Waals surface area (Å²) in [5, 5.41) is 13.7. The molecule has 1 fully saturated rings. The summed E-state index contributed by atoms with van der Waals surface area (Å²) >= 11 is 1.99. The van der Waals surface area contributed by atoms with E-state index in [1.807, 2.05) is 11.8 Å². The van der Waals surface area contributed by atoms with Crippen LogP contribution in [0.2, 0.25) is 0 Å². The van der Waals surface area contributed by atoms with Crippen molar-refractivity contribution in [3.8, 4) is 5.75 Å². The van der Waals surface area contributed by atoms with Gasteiger partial charge in [-0.25, -0.2) is 4.39 Å². The van der Waals surface area contributed by atoms with E-state index in [1.54, 1.807) is 12.1 Å². The molecule has 100 valence electrons. The minimum absolute atomic E-state index is 0.220. The maximum absolute atomic E-state index is 13.2. The van der Waals surface area contributed by atoms with Crippen LogP contribution < -0.4 is 5.32 Å². The molecule has 1 saturated carbocycles. The Balaban J connectivity index is 1.93. The van der Waals surface area contributed by atoms with Crippen molar-refractivity contribution < 1.29 is 9.50 Å². The van der Waals surface area contributed by atoms with Crippen LogP contribution in [0.15, 0.2) is 18.2 Å². The summed E-state index contributed by atoms with van der Waals surface area (Å²) in [6, 6.07) is 5.17. The van der Waals surface area contributed by atoms with E-state index in [1.165, 1.54) is 25.3 Å². The Kier molecular flexibility index (Phi) is 4.89. The minimum Gasteiger partial charge on any atom is -0.505 e. The molecule has 0 aromatic heterocycles. The second kappa shape index (κ2) is 6.43. The van der Waals surface area contributed by atoms with Crippen molar-refractivity contribution in [2.45, 2.75) is 44.0 Å². The van der Waals surface area contributed by atoms with Crippen molar-refractivity contribution >= 4 is 11.8 Å². The lowest BCUT2D eigenvalue weighted by Crippen LogP contribution is -2.33. The molecule has 0 amide bonds. The molecule has 1 aromatic carbocycles. The molecular formula is C14H20FNOS. The molecule has 0 bridgehead atoms. The van der Waals surface area contributed by atoms with E-state index in [2.05, 4.69) is 12.2 Å². The Labute approximate surface area is 112 Å². The fourth-order valence-corrected chi connectivity index (χ4v) is 3.74. The van der Waals surface area contributed by atoms with E-state index >= 15 is 0 Å². The maximum atomic E-state index is 13.2. The Morgan fingerprint density at radius 1 is 1.44 bits per heavy atom. The van der Waals surface area contributed by atoms with Gasteiger partial charge in [0, 0.05) is 23.4 Å². The fourth-order valence-electron chi connectivity index (χ4n) is 2.52. The summed E-state index contributed by atoms with van der Waals surface area (Å²) in [6.45, 7) is 2.72. The van der Waals surface area contributed by atoms with Gasteiger partial charge in [0.05, 0.1) is 0 Å². The number of phenols is 1. The number of hydrogen-bond donors (Lipinski definition) is 2. The number of nitrogens with one attached hydrogen (secondary N) is 1. The lowest BCUT2D eigenvalue weighted by molar-refractivity contribution is 0.419. The number of thioether (sulfide) groups is 1. The van der Waals surface area contributed by atoms with Gasteiger partial charge < -0.3 is 10.4 Å². The molecule has 0 saturated heterocycles. The number of para-hydroxylation sites is 1. The van der Waals surface area contributed by atoms with Crippen LogP contribution in [0.4, 0.5) is 4.39 Å². The summed E-state index contributed by atoms with van der Waals surface area (Å²) in [6.07, 6.45) is 3.68. The normalized spacial score (nSPS) is 23.4. The standard InChI is InChI=1S/C14H20FNOS/c1-2-18-13-8-4-7-12(13)16-9-10-5-3-6-11(15)14(10)17/h3,5-6,12-13,16-17H,2,4,7-9H2,1H3. The molecule has 2 unspecified atom stereocenters. The number of benzene rings is 1. The number of hydrogen-bond acceptors (Lipinski definition) is 3. The molecule has 2 N–H and O–H groups in total. The van der Waals surface area contributed by atoms with Gasteiger partial charge >= 0.3 is 0 Å². The monoisotopic (exact) mass is 269 g/mol. The average Bonchev–Trinajstić information content (AvgIpc) is 2.79. The second-order valence-electron chi connectivity index (χ2n) is 4.66. The van der Waals surface area contributed by atoms with Crippen LogP contribution >= 0.6 is 11.8 Å². The first kappa shape index (κ1) is 13.7. The van der Waals surface area contributed by atoms with E-state index in [-0.39, 0.29) is 5.75 Å². The van der Waals surface area contributed by atoms with Gasteiger partial charge in [-0.3, -0.25) is 0 Å². The lowest BCUT2D eigenvalue weighted by atomic mass is 10.1. The second-order valence-corrected chi connectivity index (χ2v) is 6.18. The zero-order valence-corrected chi connectivity index (χ0v) is 11.5. The quantitative estimate of drug-likeness (QED) is 0.860. The zero-order valence-electron chi connectivity index (χ0n) is 10.7. The van der Waals surface area contributed by atoms with Crippen LogP contribution in [0.25, 0.3) is 0 Å². The first-order chi connectivity index (χ1) is 8.72. The zero-order chi connectivity index (χ0) is 13.0. The molecule has 0 spiro atoms. The number of aromatic hydroxyl groups is 1. The predicted octanol–water partition coefficient (Wildman–Crippen LogP) is 3.30. The molecule has 0 radical (unpaired) electrons. The van der Waals surface area contributed by atoms with Crippen LogP contribution in [0, 0.1) is 5.82 Å². The average molecular weight is 269 g/mol. The number of rotatable bonds is 5. The van der Waals surface area contributed by atoms with Crippen LogP contribution in [-0.2, 0) is 6.54 Å². The molecule has 4 heteroatoms. The molecule has 2 nitrogen and oxygen atoms in total. The highest BCUT2D eigenvalue weighted by molar-refractivity contribution is 7.99. The van der Waals surface area contributed by atoms with E-state index in [0.717, 1.165) is 5.75 Å². The first-order valence-corrected chi connectivity index (χ1v) is 7.58. The van der Waals surface area contributed by atoms with Crippen LogP contribution in [0.5, 0.6) is 5.75 Å². The third-order valence-corrected chi connectivity index (χ3v) is 4.78. The third kappa shape index (κ3) is 3.18. The Bertz CT molecular complexity index is 399. The van der Waals surface area contributed by atoms with Gasteiger partial charge in [0.15, 0.2) is 11.6 Å². The lowest BCUT2D eigenvalue weighted by Gasteiger charge is -2.20. The smallest absolute Gasteiger partial charge is 0.165 e. The number of phenolic OH excluding ortho intramolecular Hbond substituents is 1. The molecule has 2 rings (SSSR count). The van der Waals surface area contributed by atoms with Crippen molar-refractivity contribution in [2.75, 3.05) is 5.75 Å². The largest absolute Gasteiger partial charge is 0.505 e. The Morgan fingerprint density at radius 3 is 3.06 bits per heavy atom. The molecular weight excluding hydrogens is 249 g/mol. The Hall–Kier alpha value is -0.740. The van der Waals surface area contributed by atoms with Crippen LogP contribution in [0.1, 0.15) is 31.7 Å². The highest BCUT2D eigenvalue weighted by Crippen LogP contribution is 2.30. The third-order valence-electron chi connectivity index (χ3n) is 3.46. The Morgan fingerprint density at radius 2 is 2.28 bits per heavy atom. The minimum atomic E-state index is -0.541. The van der Waals surface area contributed by atoms with Gasteiger partial charge in [-0.05, 0) is 24.7 Å². The van der Waals surface area contributed by atoms with E-state index in [4.69, 9.17) is 0 Å². The van der Waals surface area contributed by atoms with Crippen molar-refractivity contribution in [3.05, 3.63) is 29.6 Å². The van der Waals surface area contributed by atoms with Gasteiger partial charge in [0.25, 0.3) is 0 Å². The van der Waals surface area contributed by atoms with E-state index < -0.39 is 5.82 Å². The summed E-state index contributed by atoms with van der Waals surface area (Å²) in [5.74, 6) is 0.372. The van der Waals surface area contributed by atoms with Crippen molar-refractivity contribution in [1.82, 2.24) is 5.32 Å². The molecule has 0 heterocycles. The summed E-state index contributed by atoms with van der Waals surface area (Å²) in [4.78, 5) is 0. The van der Waals surface area contributed by atoms with Crippen LogP contribution in [0.3, 0.4) is 0 Å². The molecule has 1 aromatic rings. The topological polar surface area (TPSA) is 32.3 Å². The maximum Gasteiger partial charge on any atom is 0.165 e. The predicted molar refractivity (Wildman–Crippen MR) is 74.5 cm³/mol.